The van der Waals surface area contributed by atoms with E-state index in [9.17, 15) is 5.26 Å². The van der Waals surface area contributed by atoms with Crippen LogP contribution in [0.5, 0.6) is 5.88 Å². The first kappa shape index (κ1) is 16.5. The Balaban J connectivity index is 1.71. The molecule has 4 heteroatoms. The van der Waals surface area contributed by atoms with E-state index in [2.05, 4.69) is 28.5 Å². The van der Waals surface area contributed by atoms with Gasteiger partial charge in [0.05, 0.1) is 0 Å². The van der Waals surface area contributed by atoms with Crippen molar-refractivity contribution in [2.75, 3.05) is 13.1 Å². The zero-order chi connectivity index (χ0) is 16.8. The third kappa shape index (κ3) is 4.56. The second-order valence-electron chi connectivity index (χ2n) is 6.37. The minimum absolute atomic E-state index is 0.112. The third-order valence-electron chi connectivity index (χ3n) is 4.26. The van der Waals surface area contributed by atoms with Crippen LogP contribution in [0.25, 0.3) is 0 Å². The fourth-order valence-electron chi connectivity index (χ4n) is 2.67. The Hall–Kier alpha value is -2.38. The summed E-state index contributed by atoms with van der Waals surface area (Å²) in [6.45, 7) is 3.89. The van der Waals surface area contributed by atoms with E-state index in [1.807, 2.05) is 31.2 Å². The van der Waals surface area contributed by atoms with Gasteiger partial charge in [-0.15, -0.1) is 0 Å². The molecule has 1 saturated carbocycles. The van der Waals surface area contributed by atoms with Crippen molar-refractivity contribution in [3.05, 3.63) is 59.3 Å². The number of hydrogen-bond donors (Lipinski definition) is 1. The number of rotatable bonds is 8. The Morgan fingerprint density at radius 2 is 2.04 bits per heavy atom. The molecule has 1 aliphatic carbocycles. The monoisotopic (exact) mass is 321 g/mol. The number of nitrogens with one attached hydrogen (secondary N) is 1. The zero-order valence-corrected chi connectivity index (χ0v) is 14.0. The maximum atomic E-state index is 9.29. The molecule has 1 N–H and O–H groups in total. The molecule has 0 aliphatic heterocycles. The Morgan fingerprint density at radius 3 is 2.75 bits per heavy atom. The van der Waals surface area contributed by atoms with Crippen LogP contribution in [0.15, 0.2) is 42.5 Å². The molecule has 1 aromatic heterocycles. The van der Waals surface area contributed by atoms with E-state index < -0.39 is 0 Å². The lowest BCUT2D eigenvalue weighted by molar-refractivity contribution is 0.185. The highest BCUT2D eigenvalue weighted by atomic mass is 16.5. The summed E-state index contributed by atoms with van der Waals surface area (Å²) in [6.07, 6.45) is 3.44. The molecule has 1 aliphatic rings. The van der Waals surface area contributed by atoms with E-state index in [1.54, 1.807) is 6.07 Å². The predicted molar refractivity (Wildman–Crippen MR) is 93.7 cm³/mol. The molecule has 0 bridgehead atoms. The molecule has 1 unspecified atom stereocenters. The largest absolute Gasteiger partial charge is 0.468 e. The highest BCUT2D eigenvalue weighted by Crippen LogP contribution is 2.28. The van der Waals surface area contributed by atoms with Gasteiger partial charge in [0.15, 0.2) is 0 Å². The lowest BCUT2D eigenvalue weighted by Gasteiger charge is -2.20. The topological polar surface area (TPSA) is 57.9 Å². The first-order valence-electron chi connectivity index (χ1n) is 8.56. The Kier molecular flexibility index (Phi) is 5.45. The summed E-state index contributed by atoms with van der Waals surface area (Å²) in [5.41, 5.74) is 2.44. The quantitative estimate of drug-likeness (QED) is 0.752. The Morgan fingerprint density at radius 1 is 1.25 bits per heavy atom. The van der Waals surface area contributed by atoms with Gasteiger partial charge in [-0.25, -0.2) is 4.98 Å². The van der Waals surface area contributed by atoms with Crippen LogP contribution in [0.2, 0.25) is 0 Å². The number of pyridine rings is 1. The number of hydrogen-bond acceptors (Lipinski definition) is 4. The van der Waals surface area contributed by atoms with Crippen LogP contribution in [0.4, 0.5) is 0 Å². The smallest absolute Gasteiger partial charge is 0.232 e. The SMILES string of the molecule is Cc1ccc(C#N)c(OC(CCNCC2CC2)c2ccccc2)n1. The van der Waals surface area contributed by atoms with Gasteiger partial charge >= 0.3 is 0 Å². The molecule has 0 radical (unpaired) electrons. The van der Waals surface area contributed by atoms with Crippen LogP contribution < -0.4 is 10.1 Å². The fourth-order valence-corrected chi connectivity index (χ4v) is 2.67. The maximum Gasteiger partial charge on any atom is 0.232 e. The summed E-state index contributed by atoms with van der Waals surface area (Å²) in [7, 11) is 0. The molecule has 2 aromatic rings. The lowest BCUT2D eigenvalue weighted by Crippen LogP contribution is -2.22. The number of benzene rings is 1. The number of aryl methyl sites for hydroxylation is 1. The first-order valence-corrected chi connectivity index (χ1v) is 8.56. The summed E-state index contributed by atoms with van der Waals surface area (Å²) in [6, 6.07) is 15.9. The second-order valence-corrected chi connectivity index (χ2v) is 6.37. The standard InChI is InChI=1S/C20H23N3O/c1-15-7-10-18(13-21)20(23-15)24-19(17-5-3-2-4-6-17)11-12-22-14-16-8-9-16/h2-7,10,16,19,22H,8-9,11-12,14H2,1H3. The molecule has 24 heavy (non-hydrogen) atoms. The molecule has 1 atom stereocenters. The highest BCUT2D eigenvalue weighted by Gasteiger charge is 2.21. The molecule has 1 heterocycles. The van der Waals surface area contributed by atoms with E-state index in [0.717, 1.165) is 36.7 Å². The molecular weight excluding hydrogens is 298 g/mol. The van der Waals surface area contributed by atoms with Crippen LogP contribution in [-0.2, 0) is 0 Å². The average molecular weight is 321 g/mol. The number of aromatic nitrogens is 1. The average Bonchev–Trinajstić information content (AvgIpc) is 3.43. The fraction of sp³-hybridized carbons (Fsp3) is 0.400. The Labute approximate surface area is 143 Å². The summed E-state index contributed by atoms with van der Waals surface area (Å²) in [5.74, 6) is 1.29. The van der Waals surface area contributed by atoms with Crippen molar-refractivity contribution >= 4 is 0 Å². The summed E-state index contributed by atoms with van der Waals surface area (Å²) in [5, 5.41) is 12.8. The zero-order valence-electron chi connectivity index (χ0n) is 14.0. The normalized spacial score (nSPS) is 14.8. The number of nitriles is 1. The molecule has 0 spiro atoms. The van der Waals surface area contributed by atoms with Gasteiger partial charge in [-0.3, -0.25) is 0 Å². The van der Waals surface area contributed by atoms with Crippen LogP contribution >= 0.6 is 0 Å². The minimum Gasteiger partial charge on any atom is -0.468 e. The van der Waals surface area contributed by atoms with Gasteiger partial charge in [0.1, 0.15) is 17.7 Å². The molecular formula is C20H23N3O. The van der Waals surface area contributed by atoms with E-state index in [-0.39, 0.29) is 6.10 Å². The van der Waals surface area contributed by atoms with Crippen molar-refractivity contribution in [2.45, 2.75) is 32.3 Å². The molecule has 3 rings (SSSR count). The molecule has 0 saturated heterocycles. The summed E-state index contributed by atoms with van der Waals surface area (Å²) < 4.78 is 6.15. The molecule has 4 nitrogen and oxygen atoms in total. The predicted octanol–water partition coefficient (Wildman–Crippen LogP) is 3.77. The van der Waals surface area contributed by atoms with Gasteiger partial charge in [-0.2, -0.15) is 5.26 Å². The van der Waals surface area contributed by atoms with Crippen molar-refractivity contribution in [2.24, 2.45) is 5.92 Å². The van der Waals surface area contributed by atoms with Crippen molar-refractivity contribution in [3.63, 3.8) is 0 Å². The number of nitrogens with zero attached hydrogens (tertiary/aromatic N) is 2. The second kappa shape index (κ2) is 7.94. The maximum absolute atomic E-state index is 9.29. The van der Waals surface area contributed by atoms with E-state index in [0.29, 0.717) is 11.4 Å². The summed E-state index contributed by atoms with van der Waals surface area (Å²) in [4.78, 5) is 4.41. The first-order chi connectivity index (χ1) is 11.8. The van der Waals surface area contributed by atoms with E-state index in [1.165, 1.54) is 12.8 Å². The number of ether oxygens (including phenoxy) is 1. The van der Waals surface area contributed by atoms with Crippen molar-refractivity contribution < 1.29 is 4.74 Å². The van der Waals surface area contributed by atoms with Crippen molar-refractivity contribution in [3.8, 4) is 11.9 Å². The van der Waals surface area contributed by atoms with Gasteiger partial charge in [0, 0.05) is 12.1 Å². The van der Waals surface area contributed by atoms with Crippen LogP contribution in [0.3, 0.4) is 0 Å². The molecule has 1 aromatic carbocycles. The van der Waals surface area contributed by atoms with Crippen LogP contribution in [-0.4, -0.2) is 18.1 Å². The van der Waals surface area contributed by atoms with E-state index in [4.69, 9.17) is 4.74 Å². The van der Waals surface area contributed by atoms with Gasteiger partial charge in [-0.1, -0.05) is 30.3 Å². The van der Waals surface area contributed by atoms with E-state index >= 15 is 0 Å². The van der Waals surface area contributed by atoms with Crippen molar-refractivity contribution in [1.82, 2.24) is 10.3 Å². The molecule has 1 fully saturated rings. The van der Waals surface area contributed by atoms with Crippen molar-refractivity contribution in [1.29, 1.82) is 5.26 Å². The lowest BCUT2D eigenvalue weighted by atomic mass is 10.1. The highest BCUT2D eigenvalue weighted by molar-refractivity contribution is 5.39. The van der Waals surface area contributed by atoms with Crippen LogP contribution in [0.1, 0.15) is 42.2 Å². The molecule has 124 valence electrons. The molecule has 0 amide bonds. The van der Waals surface area contributed by atoms with Gasteiger partial charge in [0.25, 0.3) is 0 Å². The van der Waals surface area contributed by atoms with Crippen LogP contribution in [0, 0.1) is 24.2 Å². The van der Waals surface area contributed by atoms with Gasteiger partial charge in [0.2, 0.25) is 5.88 Å². The van der Waals surface area contributed by atoms with Gasteiger partial charge < -0.3 is 10.1 Å². The third-order valence-corrected chi connectivity index (χ3v) is 4.26. The Bertz CT molecular complexity index is 705. The minimum atomic E-state index is -0.112. The summed E-state index contributed by atoms with van der Waals surface area (Å²) >= 11 is 0. The van der Waals surface area contributed by atoms with Gasteiger partial charge in [-0.05, 0) is 56.5 Å².